The summed E-state index contributed by atoms with van der Waals surface area (Å²) in [5.41, 5.74) is 0. The van der Waals surface area contributed by atoms with Crippen molar-refractivity contribution in [1.29, 1.82) is 0 Å². The van der Waals surface area contributed by atoms with Gasteiger partial charge in [-0.2, -0.15) is 0 Å². The molecule has 0 radical (unpaired) electrons. The Hall–Kier alpha value is -0.690. The van der Waals surface area contributed by atoms with Crippen LogP contribution in [0.4, 0.5) is 0 Å². The Balaban J connectivity index is 1.89. The van der Waals surface area contributed by atoms with Crippen molar-refractivity contribution in [2.24, 2.45) is 0 Å². The van der Waals surface area contributed by atoms with E-state index in [0.29, 0.717) is 0 Å². The van der Waals surface area contributed by atoms with E-state index in [9.17, 15) is 0 Å². The summed E-state index contributed by atoms with van der Waals surface area (Å²) in [7, 11) is 4.25. The van der Waals surface area contributed by atoms with Gasteiger partial charge >= 0.3 is 0 Å². The van der Waals surface area contributed by atoms with E-state index in [1.807, 2.05) is 0 Å². The van der Waals surface area contributed by atoms with Gasteiger partial charge in [0.15, 0.2) is 25.7 Å². The molecule has 0 saturated carbocycles. The van der Waals surface area contributed by atoms with Crippen molar-refractivity contribution < 1.29 is 0 Å². The van der Waals surface area contributed by atoms with Crippen LogP contribution < -0.4 is 9.55 Å². The monoisotopic (exact) mass is 304 g/mol. The molecule has 0 amide bonds. The second-order valence-corrected chi connectivity index (χ2v) is 8.62. The Bertz CT molecular complexity index is 733. The van der Waals surface area contributed by atoms with Crippen molar-refractivity contribution in [2.45, 2.75) is 0 Å². The molecule has 0 spiro atoms. The Kier molecular flexibility index (Phi) is 2.42. The predicted octanol–water partition coefficient (Wildman–Crippen LogP) is 1.21. The minimum Gasteiger partial charge on any atom is -0.223 e. The molecule has 0 bridgehead atoms. The third kappa shape index (κ3) is 1.67. The summed E-state index contributed by atoms with van der Waals surface area (Å²) < 4.78 is 5.21. The number of thiophene rings is 2. The number of hydrogen-bond donors (Lipinski definition) is 0. The molecule has 0 saturated heterocycles. The molecule has 2 nitrogen and oxygen atoms in total. The lowest BCUT2D eigenvalue weighted by Crippen LogP contribution is -1.89. The Morgan fingerprint density at radius 3 is 1.56 bits per heavy atom. The summed E-state index contributed by atoms with van der Waals surface area (Å²) >= 11 is 7.01. The van der Waals surface area contributed by atoms with Crippen LogP contribution in [-0.2, 0) is 0 Å². The fourth-order valence-corrected chi connectivity index (χ4v) is 6.15. The molecule has 0 unspecified atom stereocenters. The van der Waals surface area contributed by atoms with Crippen molar-refractivity contribution in [2.75, 3.05) is 0 Å². The maximum Gasteiger partial charge on any atom is 0.154 e. The van der Waals surface area contributed by atoms with Crippen LogP contribution in [-0.4, -0.2) is 25.7 Å². The van der Waals surface area contributed by atoms with E-state index >= 15 is 0 Å². The predicted molar refractivity (Wildman–Crippen MR) is 90.3 cm³/mol. The van der Waals surface area contributed by atoms with E-state index < -0.39 is 0 Å². The van der Waals surface area contributed by atoms with Crippen LogP contribution in [0, 0.1) is 0 Å². The summed E-state index contributed by atoms with van der Waals surface area (Å²) in [5, 5.41) is 2.12. The first kappa shape index (κ1) is 11.2. The summed E-state index contributed by atoms with van der Waals surface area (Å²) in [6, 6.07) is 4.42. The molecule has 0 aliphatic rings. The van der Waals surface area contributed by atoms with Crippen LogP contribution in [0.1, 0.15) is 0 Å². The van der Waals surface area contributed by atoms with Crippen molar-refractivity contribution >= 4 is 89.7 Å². The zero-order valence-electron chi connectivity index (χ0n) is 9.68. The Morgan fingerprint density at radius 1 is 0.722 bits per heavy atom. The summed E-state index contributed by atoms with van der Waals surface area (Å²) in [5.74, 6) is 0. The van der Waals surface area contributed by atoms with E-state index in [1.165, 1.54) is 19.0 Å². The lowest BCUT2D eigenvalue weighted by Gasteiger charge is -1.85. The highest BCUT2D eigenvalue weighted by molar-refractivity contribution is 7.35. The Labute approximate surface area is 121 Å². The number of fused-ring (bicyclic) bond motifs is 2. The summed E-state index contributed by atoms with van der Waals surface area (Å²) in [6.07, 6.45) is 0. The molecule has 0 N–H and O–H groups in total. The minimum absolute atomic E-state index is 1.06. The molecule has 0 aliphatic carbocycles. The van der Waals surface area contributed by atoms with Crippen LogP contribution >= 0.6 is 45.3 Å². The van der Waals surface area contributed by atoms with E-state index in [-0.39, 0.29) is 0 Å². The maximum atomic E-state index is 4.69. The molecule has 18 heavy (non-hydrogen) atoms. The highest BCUT2D eigenvalue weighted by atomic mass is 32.1. The van der Waals surface area contributed by atoms with Gasteiger partial charge in [-0.1, -0.05) is 0 Å². The first-order valence-corrected chi connectivity index (χ1v) is 8.70. The zero-order chi connectivity index (χ0) is 12.3. The van der Waals surface area contributed by atoms with Gasteiger partial charge in [-0.15, -0.1) is 45.3 Å². The van der Waals surface area contributed by atoms with E-state index in [2.05, 4.69) is 27.8 Å². The van der Waals surface area contributed by atoms with Crippen molar-refractivity contribution in [3.05, 3.63) is 12.1 Å². The van der Waals surface area contributed by atoms with Gasteiger partial charge in [0.25, 0.3) is 0 Å². The number of aromatic nitrogens is 2. The number of nitrogens with zero attached hydrogens (tertiary/aromatic N) is 2. The summed E-state index contributed by atoms with van der Waals surface area (Å²) in [4.78, 5) is 11.7. The second-order valence-electron chi connectivity index (χ2n) is 4.09. The maximum absolute atomic E-state index is 4.69. The van der Waals surface area contributed by atoms with Crippen LogP contribution in [0.5, 0.6) is 0 Å². The number of hydrogen-bond acceptors (Lipinski definition) is 6. The van der Waals surface area contributed by atoms with Gasteiger partial charge in [0, 0.05) is 0 Å². The fraction of sp³-hybridized carbons (Fsp3) is 0. The molecule has 4 aromatic rings. The molecule has 4 aromatic heterocycles. The highest BCUT2D eigenvalue weighted by Crippen LogP contribution is 2.37. The van der Waals surface area contributed by atoms with Gasteiger partial charge in [-0.3, -0.25) is 0 Å². The van der Waals surface area contributed by atoms with Crippen LogP contribution in [0.25, 0.3) is 29.1 Å². The number of rotatable bonds is 1. The van der Waals surface area contributed by atoms with Gasteiger partial charge in [0.1, 0.15) is 9.66 Å². The molecule has 4 rings (SSSR count). The molecule has 0 aromatic carbocycles. The fourth-order valence-electron chi connectivity index (χ4n) is 1.88. The molecule has 0 atom stereocenters. The van der Waals surface area contributed by atoms with Crippen molar-refractivity contribution in [1.82, 2.24) is 9.97 Å². The molecule has 0 fully saturated rings. The van der Waals surface area contributed by atoms with E-state index in [4.69, 9.17) is 9.97 Å². The summed E-state index contributed by atoms with van der Waals surface area (Å²) in [6.45, 7) is 0. The topological polar surface area (TPSA) is 25.8 Å². The Morgan fingerprint density at radius 2 is 1.17 bits per heavy atom. The molecule has 4 heterocycles. The molecule has 86 valence electrons. The average Bonchev–Trinajstić information content (AvgIpc) is 2.94. The largest absolute Gasteiger partial charge is 0.223 e. The smallest absolute Gasteiger partial charge is 0.154 e. The van der Waals surface area contributed by atoms with Gasteiger partial charge in [0.2, 0.25) is 0 Å². The van der Waals surface area contributed by atoms with Crippen molar-refractivity contribution in [3.63, 3.8) is 0 Å². The van der Waals surface area contributed by atoms with Gasteiger partial charge in [-0.05, 0) is 21.7 Å². The highest BCUT2D eigenvalue weighted by Gasteiger charge is 2.14. The molecular weight excluding hydrogens is 298 g/mol. The third-order valence-electron chi connectivity index (χ3n) is 2.61. The lowest BCUT2D eigenvalue weighted by molar-refractivity contribution is 1.45. The SMILES string of the molecule is Bc1cc2sc(-c3nc4sc(B)cc4s3)nc2s1. The minimum atomic E-state index is 1.06. The van der Waals surface area contributed by atoms with Crippen LogP contribution in [0.15, 0.2) is 12.1 Å². The van der Waals surface area contributed by atoms with Gasteiger partial charge < -0.3 is 0 Å². The van der Waals surface area contributed by atoms with Crippen molar-refractivity contribution in [3.8, 4) is 10.0 Å². The first-order chi connectivity index (χ1) is 8.69. The normalized spacial score (nSPS) is 11.8. The second kappa shape index (κ2) is 3.90. The third-order valence-corrected chi connectivity index (χ3v) is 6.90. The molecule has 8 heteroatoms. The van der Waals surface area contributed by atoms with E-state index in [1.54, 1.807) is 45.3 Å². The molecular formula is C10H6B2N2S4. The van der Waals surface area contributed by atoms with E-state index in [0.717, 1.165) is 19.7 Å². The van der Waals surface area contributed by atoms with Gasteiger partial charge in [0.05, 0.1) is 9.40 Å². The zero-order valence-corrected chi connectivity index (χ0v) is 12.9. The van der Waals surface area contributed by atoms with Gasteiger partial charge in [-0.25, -0.2) is 9.97 Å². The quantitative estimate of drug-likeness (QED) is 0.494. The number of thiazole rings is 2. The standard InChI is InChI=1S/C10H6B2N2S4/c11-5-1-3-7(17-5)13-9(15-3)10-14-8-4(16-10)2-6(12)18-8/h1-2H,11-12H2. The molecule has 0 aliphatic heterocycles. The van der Waals surface area contributed by atoms with Crippen LogP contribution in [0.2, 0.25) is 0 Å². The average molecular weight is 304 g/mol. The first-order valence-electron chi connectivity index (χ1n) is 5.43. The van der Waals surface area contributed by atoms with Crippen LogP contribution in [0.3, 0.4) is 0 Å². The lowest BCUT2D eigenvalue weighted by atomic mass is 10.1.